The maximum atomic E-state index is 5.24. The smallest absolute Gasteiger partial charge is 0.194 e. The molecule has 0 atom stereocenters. The maximum absolute atomic E-state index is 5.24. The van der Waals surface area contributed by atoms with Gasteiger partial charge in [-0.1, -0.05) is 0 Å². The minimum Gasteiger partial charge on any atom is -0.497 e. The molecule has 2 aromatic rings. The minimum absolute atomic E-state index is 0.636. The molecule has 1 aromatic heterocycles. The summed E-state index contributed by atoms with van der Waals surface area (Å²) in [5.74, 6) is 1.87. The first-order valence-electron chi connectivity index (χ1n) is 9.10. The van der Waals surface area contributed by atoms with Crippen molar-refractivity contribution in [2.24, 2.45) is 12.0 Å². The number of aryl methyl sites for hydroxylation is 1. The van der Waals surface area contributed by atoms with E-state index in [9.17, 15) is 0 Å². The Morgan fingerprint density at radius 1 is 1.15 bits per heavy atom. The largest absolute Gasteiger partial charge is 0.497 e. The molecule has 1 aliphatic rings. The number of nitrogens with one attached hydrogen (secondary N) is 1. The number of aliphatic imine (C=N–C) groups is 1. The van der Waals surface area contributed by atoms with Gasteiger partial charge in [0.1, 0.15) is 5.75 Å². The molecule has 0 aliphatic carbocycles. The summed E-state index contributed by atoms with van der Waals surface area (Å²) >= 11 is 0. The van der Waals surface area contributed by atoms with Crippen LogP contribution in [0.2, 0.25) is 0 Å². The lowest BCUT2D eigenvalue weighted by Crippen LogP contribution is -2.52. The third kappa shape index (κ3) is 4.28. The predicted molar refractivity (Wildman–Crippen MR) is 105 cm³/mol. The van der Waals surface area contributed by atoms with Crippen LogP contribution in [0.5, 0.6) is 5.75 Å². The van der Waals surface area contributed by atoms with Crippen molar-refractivity contribution >= 4 is 11.6 Å². The molecule has 0 radical (unpaired) electrons. The molecule has 140 valence electrons. The summed E-state index contributed by atoms with van der Waals surface area (Å²) in [6, 6.07) is 10.3. The van der Waals surface area contributed by atoms with E-state index in [1.807, 2.05) is 36.1 Å². The number of guanidine groups is 1. The fourth-order valence-corrected chi connectivity index (χ4v) is 3.11. The monoisotopic (exact) mass is 356 g/mol. The number of methoxy groups -OCH3 is 1. The SMILES string of the molecule is CCNC(=NCc1ccnn1C)N1CCN(c2ccc(OC)cc2)CC1. The summed E-state index contributed by atoms with van der Waals surface area (Å²) in [5, 5.41) is 7.62. The topological polar surface area (TPSA) is 57.9 Å². The molecule has 1 saturated heterocycles. The van der Waals surface area contributed by atoms with E-state index in [4.69, 9.17) is 9.73 Å². The van der Waals surface area contributed by atoms with Crippen molar-refractivity contribution in [3.05, 3.63) is 42.2 Å². The van der Waals surface area contributed by atoms with Gasteiger partial charge in [0.2, 0.25) is 0 Å². The van der Waals surface area contributed by atoms with Crippen LogP contribution < -0.4 is 15.0 Å². The summed E-state index contributed by atoms with van der Waals surface area (Å²) in [4.78, 5) is 9.53. The van der Waals surface area contributed by atoms with Crippen LogP contribution in [0.1, 0.15) is 12.6 Å². The first kappa shape index (κ1) is 18.1. The van der Waals surface area contributed by atoms with Crippen LogP contribution in [-0.4, -0.2) is 60.5 Å². The Bertz CT molecular complexity index is 716. The predicted octanol–water partition coefficient (Wildman–Crippen LogP) is 1.72. The van der Waals surface area contributed by atoms with Gasteiger partial charge in [-0.05, 0) is 37.3 Å². The molecule has 7 nitrogen and oxygen atoms in total. The standard InChI is InChI=1S/C19H28N6O/c1-4-20-19(21-15-17-9-10-22-23(17)2)25-13-11-24(12-14-25)16-5-7-18(26-3)8-6-16/h5-10H,4,11-15H2,1-3H3,(H,20,21). The number of hydrogen-bond acceptors (Lipinski definition) is 4. The Morgan fingerprint density at radius 3 is 2.46 bits per heavy atom. The van der Waals surface area contributed by atoms with E-state index in [0.717, 1.165) is 50.1 Å². The summed E-state index contributed by atoms with van der Waals surface area (Å²) < 4.78 is 7.11. The van der Waals surface area contributed by atoms with Crippen molar-refractivity contribution in [3.8, 4) is 5.75 Å². The van der Waals surface area contributed by atoms with Crippen molar-refractivity contribution in [2.75, 3.05) is 44.7 Å². The van der Waals surface area contributed by atoms with E-state index in [1.165, 1.54) is 5.69 Å². The van der Waals surface area contributed by atoms with Gasteiger partial charge in [0.05, 0.1) is 19.3 Å². The molecule has 1 fully saturated rings. The zero-order chi connectivity index (χ0) is 18.4. The van der Waals surface area contributed by atoms with Gasteiger partial charge in [0.15, 0.2) is 5.96 Å². The first-order chi connectivity index (χ1) is 12.7. The zero-order valence-corrected chi connectivity index (χ0v) is 15.9. The lowest BCUT2D eigenvalue weighted by Gasteiger charge is -2.37. The second-order valence-corrected chi connectivity index (χ2v) is 6.29. The molecule has 1 aromatic carbocycles. The van der Waals surface area contributed by atoms with Gasteiger partial charge in [-0.2, -0.15) is 5.10 Å². The van der Waals surface area contributed by atoms with Crippen LogP contribution in [-0.2, 0) is 13.6 Å². The number of ether oxygens (including phenoxy) is 1. The highest BCUT2D eigenvalue weighted by molar-refractivity contribution is 5.80. The van der Waals surface area contributed by atoms with Crippen LogP contribution >= 0.6 is 0 Å². The average Bonchev–Trinajstić information content (AvgIpc) is 3.10. The van der Waals surface area contributed by atoms with Gasteiger partial charge in [-0.25, -0.2) is 4.99 Å². The quantitative estimate of drug-likeness (QED) is 0.653. The Morgan fingerprint density at radius 2 is 1.88 bits per heavy atom. The Hall–Kier alpha value is -2.70. The minimum atomic E-state index is 0.636. The molecule has 2 heterocycles. The van der Waals surface area contributed by atoms with Crippen molar-refractivity contribution < 1.29 is 4.74 Å². The van der Waals surface area contributed by atoms with Gasteiger partial charge >= 0.3 is 0 Å². The Kier molecular flexibility index (Phi) is 5.99. The zero-order valence-electron chi connectivity index (χ0n) is 15.9. The number of hydrogen-bond donors (Lipinski definition) is 1. The maximum Gasteiger partial charge on any atom is 0.194 e. The molecule has 3 rings (SSSR count). The van der Waals surface area contributed by atoms with Crippen LogP contribution in [0.25, 0.3) is 0 Å². The van der Waals surface area contributed by atoms with E-state index >= 15 is 0 Å². The Labute approximate surface area is 155 Å². The lowest BCUT2D eigenvalue weighted by molar-refractivity contribution is 0.372. The van der Waals surface area contributed by atoms with Gasteiger partial charge in [-0.15, -0.1) is 0 Å². The fourth-order valence-electron chi connectivity index (χ4n) is 3.11. The van der Waals surface area contributed by atoms with Crippen molar-refractivity contribution in [2.45, 2.75) is 13.5 Å². The van der Waals surface area contributed by atoms with Crippen LogP contribution in [0, 0.1) is 0 Å². The molecule has 0 saturated carbocycles. The highest BCUT2D eigenvalue weighted by Crippen LogP contribution is 2.20. The molecule has 26 heavy (non-hydrogen) atoms. The fraction of sp³-hybridized carbons (Fsp3) is 0.474. The molecular weight excluding hydrogens is 328 g/mol. The highest BCUT2D eigenvalue weighted by atomic mass is 16.5. The van der Waals surface area contributed by atoms with E-state index in [1.54, 1.807) is 7.11 Å². The number of nitrogens with zero attached hydrogens (tertiary/aromatic N) is 5. The van der Waals surface area contributed by atoms with Crippen LogP contribution in [0.15, 0.2) is 41.5 Å². The van der Waals surface area contributed by atoms with E-state index in [-0.39, 0.29) is 0 Å². The van der Waals surface area contributed by atoms with Gasteiger partial charge < -0.3 is 19.9 Å². The molecule has 1 aliphatic heterocycles. The molecule has 7 heteroatoms. The molecule has 1 N–H and O–H groups in total. The lowest BCUT2D eigenvalue weighted by atomic mass is 10.2. The number of benzene rings is 1. The third-order valence-electron chi connectivity index (χ3n) is 4.66. The number of anilines is 1. The second kappa shape index (κ2) is 8.60. The summed E-state index contributed by atoms with van der Waals surface area (Å²) in [7, 11) is 3.65. The average molecular weight is 356 g/mol. The number of aromatic nitrogens is 2. The highest BCUT2D eigenvalue weighted by Gasteiger charge is 2.20. The number of piperazine rings is 1. The van der Waals surface area contributed by atoms with E-state index in [0.29, 0.717) is 6.54 Å². The van der Waals surface area contributed by atoms with Gasteiger partial charge in [0, 0.05) is 51.7 Å². The summed E-state index contributed by atoms with van der Waals surface area (Å²) in [6.45, 7) is 7.45. The summed E-state index contributed by atoms with van der Waals surface area (Å²) in [6.07, 6.45) is 1.81. The first-order valence-corrected chi connectivity index (χ1v) is 9.10. The molecule has 0 amide bonds. The van der Waals surface area contributed by atoms with Crippen LogP contribution in [0.4, 0.5) is 5.69 Å². The normalized spacial score (nSPS) is 15.3. The van der Waals surface area contributed by atoms with Crippen molar-refractivity contribution in [1.82, 2.24) is 20.0 Å². The number of rotatable bonds is 5. The van der Waals surface area contributed by atoms with E-state index < -0.39 is 0 Å². The molecule has 0 unspecified atom stereocenters. The summed E-state index contributed by atoms with van der Waals surface area (Å²) in [5.41, 5.74) is 2.35. The van der Waals surface area contributed by atoms with Crippen molar-refractivity contribution in [1.29, 1.82) is 0 Å². The van der Waals surface area contributed by atoms with Crippen molar-refractivity contribution in [3.63, 3.8) is 0 Å². The van der Waals surface area contributed by atoms with E-state index in [2.05, 4.69) is 39.3 Å². The Balaban J connectivity index is 1.61. The molecule has 0 bridgehead atoms. The third-order valence-corrected chi connectivity index (χ3v) is 4.66. The second-order valence-electron chi connectivity index (χ2n) is 6.29. The van der Waals surface area contributed by atoms with Gasteiger partial charge in [0.25, 0.3) is 0 Å². The molecule has 0 spiro atoms. The van der Waals surface area contributed by atoms with Crippen LogP contribution in [0.3, 0.4) is 0 Å². The van der Waals surface area contributed by atoms with Gasteiger partial charge in [-0.3, -0.25) is 4.68 Å². The molecular formula is C19H28N6O.